The molecule has 6 radical (unpaired) electrons. The average molecular weight is 358 g/mol. The third kappa shape index (κ3) is 7.19. The van der Waals surface area contributed by atoms with Crippen LogP contribution in [0.3, 0.4) is 0 Å². The Morgan fingerprint density at radius 2 is 1.52 bits per heavy atom. The standard InChI is InChI=1S/C14H13B3O7S/c15-5-9-3-10(6-16)14(11(4-9)7-17)24-13(19)2-1-12(18)23-8-25(20,21)22/h1-4H,5-8H2,(H,20,21,22)/b2-1+. The SMILES string of the molecule is [B]Cc1cc(C[B])c(OC(=O)/C=C/C(=O)OCS(=O)(=O)O)c(C[B])c1. The predicted octanol–water partition coefficient (Wildman–Crippen LogP) is -0.458. The van der Waals surface area contributed by atoms with E-state index in [1.54, 1.807) is 12.1 Å². The minimum Gasteiger partial charge on any atom is -0.443 e. The molecule has 0 heterocycles. The van der Waals surface area contributed by atoms with E-state index in [2.05, 4.69) is 4.74 Å². The van der Waals surface area contributed by atoms with Crippen molar-refractivity contribution >= 4 is 45.6 Å². The molecule has 1 aromatic carbocycles. The predicted molar refractivity (Wildman–Crippen MR) is 92.1 cm³/mol. The zero-order valence-electron chi connectivity index (χ0n) is 13.2. The number of esters is 2. The van der Waals surface area contributed by atoms with Crippen molar-refractivity contribution in [1.82, 2.24) is 0 Å². The molecule has 0 fully saturated rings. The van der Waals surface area contributed by atoms with Crippen LogP contribution in [0, 0.1) is 0 Å². The largest absolute Gasteiger partial charge is 0.443 e. The van der Waals surface area contributed by atoms with Crippen molar-refractivity contribution in [1.29, 1.82) is 0 Å². The summed E-state index contributed by atoms with van der Waals surface area (Å²) in [7, 11) is 12.4. The highest BCUT2D eigenvalue weighted by Crippen LogP contribution is 2.27. The minimum absolute atomic E-state index is 0.0730. The molecular weight excluding hydrogens is 345 g/mol. The molecule has 11 heteroatoms. The van der Waals surface area contributed by atoms with Gasteiger partial charge in [0.15, 0.2) is 0 Å². The van der Waals surface area contributed by atoms with Crippen LogP contribution in [-0.2, 0) is 43.4 Å². The van der Waals surface area contributed by atoms with Gasteiger partial charge in [0.2, 0.25) is 5.94 Å². The lowest BCUT2D eigenvalue weighted by Crippen LogP contribution is -2.13. The lowest BCUT2D eigenvalue weighted by molar-refractivity contribution is -0.136. The van der Waals surface area contributed by atoms with E-state index in [4.69, 9.17) is 32.8 Å². The molecule has 0 unspecified atom stereocenters. The summed E-state index contributed by atoms with van der Waals surface area (Å²) >= 11 is 0. The summed E-state index contributed by atoms with van der Waals surface area (Å²) in [5.41, 5.74) is 1.79. The van der Waals surface area contributed by atoms with Crippen molar-refractivity contribution in [3.63, 3.8) is 0 Å². The van der Waals surface area contributed by atoms with Crippen molar-refractivity contribution < 1.29 is 32.0 Å². The van der Waals surface area contributed by atoms with E-state index in [1.165, 1.54) is 0 Å². The van der Waals surface area contributed by atoms with Gasteiger partial charge in [0.1, 0.15) is 5.75 Å². The summed E-state index contributed by atoms with van der Waals surface area (Å²) in [4.78, 5) is 23.0. The highest BCUT2D eigenvalue weighted by Gasteiger charge is 2.13. The molecule has 7 nitrogen and oxygen atoms in total. The van der Waals surface area contributed by atoms with Crippen LogP contribution < -0.4 is 4.74 Å². The van der Waals surface area contributed by atoms with E-state index in [-0.39, 0.29) is 24.7 Å². The lowest BCUT2D eigenvalue weighted by Gasteiger charge is -2.14. The first-order valence-corrected chi connectivity index (χ1v) is 8.57. The zero-order valence-corrected chi connectivity index (χ0v) is 14.0. The van der Waals surface area contributed by atoms with Gasteiger partial charge in [-0.2, -0.15) is 8.42 Å². The molecule has 0 aliphatic rings. The number of rotatable bonds is 8. The number of carbonyl (C=O) groups excluding carboxylic acids is 2. The topological polar surface area (TPSA) is 107 Å². The van der Waals surface area contributed by atoms with Crippen molar-refractivity contribution in [2.75, 3.05) is 5.94 Å². The van der Waals surface area contributed by atoms with Crippen LogP contribution in [0.15, 0.2) is 24.3 Å². The van der Waals surface area contributed by atoms with Gasteiger partial charge in [-0.25, -0.2) is 9.59 Å². The molecule has 0 bridgehead atoms. The maximum Gasteiger partial charge on any atom is 0.336 e. The molecule has 25 heavy (non-hydrogen) atoms. The Balaban J connectivity index is 2.86. The first kappa shape index (κ1) is 21.0. The summed E-state index contributed by atoms with van der Waals surface area (Å²) in [5.74, 6) is -3.12. The fourth-order valence-corrected chi connectivity index (χ4v) is 2.10. The van der Waals surface area contributed by atoms with Crippen molar-refractivity contribution in [3.05, 3.63) is 41.0 Å². The van der Waals surface area contributed by atoms with Gasteiger partial charge in [0, 0.05) is 12.2 Å². The smallest absolute Gasteiger partial charge is 0.336 e. The second-order valence-electron chi connectivity index (χ2n) is 4.77. The van der Waals surface area contributed by atoms with Gasteiger partial charge < -0.3 is 9.47 Å². The Hall–Kier alpha value is -2.00. The average Bonchev–Trinajstić information content (AvgIpc) is 2.57. The number of benzene rings is 1. The van der Waals surface area contributed by atoms with Crippen LogP contribution in [0.25, 0.3) is 0 Å². The molecule has 0 atom stereocenters. The molecule has 0 spiro atoms. The summed E-state index contributed by atoms with van der Waals surface area (Å²) in [6.45, 7) is 0. The third-order valence-corrected chi connectivity index (χ3v) is 3.30. The normalized spacial score (nSPS) is 11.4. The Morgan fingerprint density at radius 3 is 1.96 bits per heavy atom. The molecule has 0 aliphatic carbocycles. The van der Waals surface area contributed by atoms with Crippen molar-refractivity contribution in [3.8, 4) is 5.75 Å². The highest BCUT2D eigenvalue weighted by atomic mass is 32.2. The quantitative estimate of drug-likeness (QED) is 0.220. The van der Waals surface area contributed by atoms with Crippen LogP contribution in [0.1, 0.15) is 16.7 Å². The highest BCUT2D eigenvalue weighted by molar-refractivity contribution is 7.85. The molecule has 126 valence electrons. The number of carbonyl (C=O) groups is 2. The molecule has 0 amide bonds. The fourth-order valence-electron chi connectivity index (χ4n) is 1.83. The molecule has 0 aromatic heterocycles. The van der Waals surface area contributed by atoms with E-state index >= 15 is 0 Å². The van der Waals surface area contributed by atoms with Crippen molar-refractivity contribution in [2.24, 2.45) is 0 Å². The number of ether oxygens (including phenoxy) is 2. The Bertz CT molecular complexity index is 750. The molecule has 0 aliphatic heterocycles. The molecule has 1 aromatic rings. The van der Waals surface area contributed by atoms with E-state index in [9.17, 15) is 18.0 Å². The van der Waals surface area contributed by atoms with E-state index in [1.807, 2.05) is 0 Å². The Kier molecular flexibility index (Phi) is 7.98. The van der Waals surface area contributed by atoms with Gasteiger partial charge in [-0.3, -0.25) is 4.55 Å². The van der Waals surface area contributed by atoms with Gasteiger partial charge in [-0.1, -0.05) is 36.7 Å². The van der Waals surface area contributed by atoms with E-state index in [0.29, 0.717) is 17.2 Å². The summed E-state index contributed by atoms with van der Waals surface area (Å²) in [6, 6.07) is 3.34. The third-order valence-electron chi connectivity index (χ3n) is 2.89. The van der Waals surface area contributed by atoms with E-state index in [0.717, 1.165) is 11.6 Å². The minimum atomic E-state index is -4.46. The summed E-state index contributed by atoms with van der Waals surface area (Å²) in [5, 5.41) is 0. The first-order chi connectivity index (χ1) is 11.7. The zero-order chi connectivity index (χ0) is 19.0. The Labute approximate surface area is 149 Å². The summed E-state index contributed by atoms with van der Waals surface area (Å²) in [6.07, 6.45) is 1.80. The van der Waals surface area contributed by atoms with Crippen LogP contribution >= 0.6 is 0 Å². The molecular formula is C14H13B3O7S. The van der Waals surface area contributed by atoms with E-state index < -0.39 is 28.0 Å². The van der Waals surface area contributed by atoms with Gasteiger partial charge in [-0.05, 0) is 11.1 Å². The monoisotopic (exact) mass is 358 g/mol. The van der Waals surface area contributed by atoms with Gasteiger partial charge in [-0.15, -0.1) is 0 Å². The maximum atomic E-state index is 11.8. The lowest BCUT2D eigenvalue weighted by atomic mass is 9.85. The van der Waals surface area contributed by atoms with Crippen LogP contribution in [0.2, 0.25) is 0 Å². The number of hydrogen-bond donors (Lipinski definition) is 1. The van der Waals surface area contributed by atoms with Gasteiger partial charge >= 0.3 is 22.1 Å². The van der Waals surface area contributed by atoms with Gasteiger partial charge in [0.05, 0.1) is 23.5 Å². The number of hydrogen-bond acceptors (Lipinski definition) is 6. The maximum absolute atomic E-state index is 11.8. The fraction of sp³-hybridized carbons (Fsp3) is 0.286. The van der Waals surface area contributed by atoms with Crippen LogP contribution in [0.4, 0.5) is 0 Å². The van der Waals surface area contributed by atoms with Gasteiger partial charge in [0.25, 0.3) is 0 Å². The molecule has 1 rings (SSSR count). The van der Waals surface area contributed by atoms with Crippen LogP contribution in [-0.4, -0.2) is 54.4 Å². The second kappa shape index (κ2) is 9.48. The Morgan fingerprint density at radius 1 is 1.00 bits per heavy atom. The van der Waals surface area contributed by atoms with Crippen LogP contribution in [0.5, 0.6) is 5.75 Å². The molecule has 0 saturated carbocycles. The molecule has 0 saturated heterocycles. The molecule has 1 N–H and O–H groups in total. The van der Waals surface area contributed by atoms with Crippen molar-refractivity contribution in [2.45, 2.75) is 19.0 Å². The second-order valence-corrected chi connectivity index (χ2v) is 6.17. The summed E-state index contributed by atoms with van der Waals surface area (Å²) < 4.78 is 38.7. The first-order valence-electron chi connectivity index (χ1n) is 6.96.